The standard InChI is InChI=1S/C14H14OS/c1-15-13-8-6-11(7-9-13)10-12-4-2-3-5-14(12)16/h2-9,16H,10H2,1H3. The average Bonchev–Trinajstić information content (AvgIpc) is 2.33. The van der Waals surface area contributed by atoms with Crippen molar-refractivity contribution in [2.75, 3.05) is 7.11 Å². The second-order valence-corrected chi connectivity index (χ2v) is 4.14. The van der Waals surface area contributed by atoms with Gasteiger partial charge in [-0.3, -0.25) is 0 Å². The fraction of sp³-hybridized carbons (Fsp3) is 0.143. The van der Waals surface area contributed by atoms with E-state index in [4.69, 9.17) is 4.74 Å². The van der Waals surface area contributed by atoms with Crippen molar-refractivity contribution in [1.82, 2.24) is 0 Å². The van der Waals surface area contributed by atoms with Crippen LogP contribution in [0.4, 0.5) is 0 Å². The zero-order chi connectivity index (χ0) is 11.4. The zero-order valence-electron chi connectivity index (χ0n) is 9.18. The first-order valence-corrected chi connectivity index (χ1v) is 5.64. The highest BCUT2D eigenvalue weighted by Gasteiger charge is 2.00. The molecule has 0 aliphatic rings. The Morgan fingerprint density at radius 2 is 1.69 bits per heavy atom. The number of methoxy groups -OCH3 is 1. The van der Waals surface area contributed by atoms with E-state index in [9.17, 15) is 0 Å². The molecule has 2 aromatic rings. The molecule has 0 unspecified atom stereocenters. The molecular weight excluding hydrogens is 216 g/mol. The summed E-state index contributed by atoms with van der Waals surface area (Å²) in [7, 11) is 1.68. The maximum absolute atomic E-state index is 5.13. The van der Waals surface area contributed by atoms with Crippen LogP contribution in [0.5, 0.6) is 5.75 Å². The predicted octanol–water partition coefficient (Wildman–Crippen LogP) is 3.57. The average molecular weight is 230 g/mol. The fourth-order valence-electron chi connectivity index (χ4n) is 1.62. The summed E-state index contributed by atoms with van der Waals surface area (Å²) in [5, 5.41) is 0. The van der Waals surface area contributed by atoms with Gasteiger partial charge in [-0.25, -0.2) is 0 Å². The molecule has 2 heteroatoms. The van der Waals surface area contributed by atoms with Crippen molar-refractivity contribution in [3.63, 3.8) is 0 Å². The molecule has 0 aliphatic carbocycles. The van der Waals surface area contributed by atoms with Crippen LogP contribution in [-0.2, 0) is 6.42 Å². The van der Waals surface area contributed by atoms with Gasteiger partial charge in [0.1, 0.15) is 5.75 Å². The number of hydrogen-bond donors (Lipinski definition) is 1. The maximum Gasteiger partial charge on any atom is 0.118 e. The SMILES string of the molecule is COc1ccc(Cc2ccccc2S)cc1. The van der Waals surface area contributed by atoms with Crippen LogP contribution in [0.25, 0.3) is 0 Å². The van der Waals surface area contributed by atoms with Crippen LogP contribution < -0.4 is 4.74 Å². The summed E-state index contributed by atoms with van der Waals surface area (Å²) in [5.74, 6) is 0.892. The minimum absolute atomic E-state index is 0.892. The number of thiol groups is 1. The molecule has 0 fully saturated rings. The third-order valence-corrected chi connectivity index (χ3v) is 2.98. The summed E-state index contributed by atoms with van der Waals surface area (Å²) in [6.07, 6.45) is 0.906. The molecule has 16 heavy (non-hydrogen) atoms. The van der Waals surface area contributed by atoms with E-state index in [1.807, 2.05) is 30.3 Å². The first kappa shape index (κ1) is 11.1. The molecule has 2 rings (SSSR count). The van der Waals surface area contributed by atoms with Gasteiger partial charge in [0.15, 0.2) is 0 Å². The Hall–Kier alpha value is -1.41. The van der Waals surface area contributed by atoms with Crippen LogP contribution >= 0.6 is 12.6 Å². The van der Waals surface area contributed by atoms with Crippen LogP contribution in [-0.4, -0.2) is 7.11 Å². The molecule has 0 heterocycles. The Morgan fingerprint density at radius 3 is 2.31 bits per heavy atom. The van der Waals surface area contributed by atoms with Crippen molar-refractivity contribution in [2.24, 2.45) is 0 Å². The van der Waals surface area contributed by atoms with E-state index in [-0.39, 0.29) is 0 Å². The summed E-state index contributed by atoms with van der Waals surface area (Å²) in [6, 6.07) is 16.3. The normalized spacial score (nSPS) is 10.1. The summed E-state index contributed by atoms with van der Waals surface area (Å²) in [4.78, 5) is 1.04. The molecule has 0 aromatic heterocycles. The topological polar surface area (TPSA) is 9.23 Å². The van der Waals surface area contributed by atoms with Gasteiger partial charge >= 0.3 is 0 Å². The molecule has 0 N–H and O–H groups in total. The summed E-state index contributed by atoms with van der Waals surface area (Å²) in [5.41, 5.74) is 2.51. The molecule has 0 saturated carbocycles. The van der Waals surface area contributed by atoms with Crippen molar-refractivity contribution in [1.29, 1.82) is 0 Å². The van der Waals surface area contributed by atoms with Gasteiger partial charge in [-0.2, -0.15) is 0 Å². The lowest BCUT2D eigenvalue weighted by Crippen LogP contribution is -1.90. The number of ether oxygens (including phenoxy) is 1. The third-order valence-electron chi connectivity index (χ3n) is 2.55. The monoisotopic (exact) mass is 230 g/mol. The van der Waals surface area contributed by atoms with Gasteiger partial charge in [-0.15, -0.1) is 12.6 Å². The molecule has 0 bridgehead atoms. The van der Waals surface area contributed by atoms with Gasteiger partial charge in [0.2, 0.25) is 0 Å². The van der Waals surface area contributed by atoms with Crippen molar-refractivity contribution in [3.05, 3.63) is 59.7 Å². The van der Waals surface area contributed by atoms with Crippen LogP contribution in [0, 0.1) is 0 Å². The molecule has 0 atom stereocenters. The minimum atomic E-state index is 0.892. The Morgan fingerprint density at radius 1 is 1.00 bits per heavy atom. The summed E-state index contributed by atoms with van der Waals surface area (Å²) >= 11 is 4.44. The Labute approximate surface area is 101 Å². The van der Waals surface area contributed by atoms with Gasteiger partial charge in [0, 0.05) is 4.90 Å². The Kier molecular flexibility index (Phi) is 3.52. The lowest BCUT2D eigenvalue weighted by Gasteiger charge is -2.06. The second kappa shape index (κ2) is 5.08. The second-order valence-electron chi connectivity index (χ2n) is 3.65. The molecule has 0 spiro atoms. The smallest absolute Gasteiger partial charge is 0.118 e. The fourth-order valence-corrected chi connectivity index (χ4v) is 1.86. The third kappa shape index (κ3) is 2.58. The van der Waals surface area contributed by atoms with Gasteiger partial charge in [0.05, 0.1) is 7.11 Å². The van der Waals surface area contributed by atoms with Crippen molar-refractivity contribution < 1.29 is 4.74 Å². The molecular formula is C14H14OS. The van der Waals surface area contributed by atoms with E-state index < -0.39 is 0 Å². The van der Waals surface area contributed by atoms with Crippen LogP contribution in [0.2, 0.25) is 0 Å². The largest absolute Gasteiger partial charge is 0.497 e. The van der Waals surface area contributed by atoms with Gasteiger partial charge < -0.3 is 4.74 Å². The van der Waals surface area contributed by atoms with Crippen LogP contribution in [0.15, 0.2) is 53.4 Å². The summed E-state index contributed by atoms with van der Waals surface area (Å²) < 4.78 is 5.13. The van der Waals surface area contributed by atoms with Gasteiger partial charge in [0.25, 0.3) is 0 Å². The van der Waals surface area contributed by atoms with E-state index in [0.717, 1.165) is 17.1 Å². The molecule has 0 amide bonds. The molecule has 0 aliphatic heterocycles. The van der Waals surface area contributed by atoms with Crippen molar-refractivity contribution in [2.45, 2.75) is 11.3 Å². The molecule has 2 aromatic carbocycles. The highest BCUT2D eigenvalue weighted by molar-refractivity contribution is 7.80. The number of hydrogen-bond acceptors (Lipinski definition) is 2. The van der Waals surface area contributed by atoms with Crippen molar-refractivity contribution >= 4 is 12.6 Å². The maximum atomic E-state index is 5.13. The van der Waals surface area contributed by atoms with Crippen molar-refractivity contribution in [3.8, 4) is 5.75 Å². The first-order valence-electron chi connectivity index (χ1n) is 5.19. The van der Waals surface area contributed by atoms with Crippen LogP contribution in [0.3, 0.4) is 0 Å². The molecule has 0 saturated heterocycles. The minimum Gasteiger partial charge on any atom is -0.497 e. The van der Waals surface area contributed by atoms with Gasteiger partial charge in [-0.05, 0) is 35.7 Å². The molecule has 82 valence electrons. The Bertz CT molecular complexity index is 462. The van der Waals surface area contributed by atoms with E-state index in [1.165, 1.54) is 11.1 Å². The van der Waals surface area contributed by atoms with Crippen LogP contribution in [0.1, 0.15) is 11.1 Å². The highest BCUT2D eigenvalue weighted by atomic mass is 32.1. The quantitative estimate of drug-likeness (QED) is 0.793. The number of rotatable bonds is 3. The first-order chi connectivity index (χ1) is 7.79. The molecule has 1 nitrogen and oxygen atoms in total. The summed E-state index contributed by atoms with van der Waals surface area (Å²) in [6.45, 7) is 0. The highest BCUT2D eigenvalue weighted by Crippen LogP contribution is 2.19. The molecule has 0 radical (unpaired) electrons. The van der Waals surface area contributed by atoms with E-state index >= 15 is 0 Å². The Balaban J connectivity index is 2.18. The zero-order valence-corrected chi connectivity index (χ0v) is 10.1. The lowest BCUT2D eigenvalue weighted by molar-refractivity contribution is 0.414. The van der Waals surface area contributed by atoms with E-state index in [0.29, 0.717) is 0 Å². The van der Waals surface area contributed by atoms with Gasteiger partial charge in [-0.1, -0.05) is 30.3 Å². The van der Waals surface area contributed by atoms with E-state index in [1.54, 1.807) is 7.11 Å². The number of benzene rings is 2. The van der Waals surface area contributed by atoms with E-state index in [2.05, 4.69) is 30.8 Å². The predicted molar refractivity (Wildman–Crippen MR) is 69.5 cm³/mol. The lowest BCUT2D eigenvalue weighted by atomic mass is 10.1.